The van der Waals surface area contributed by atoms with Crippen molar-refractivity contribution in [2.24, 2.45) is 0 Å². The van der Waals surface area contributed by atoms with E-state index in [1.807, 2.05) is 0 Å². The highest BCUT2D eigenvalue weighted by molar-refractivity contribution is 5.36. The minimum Gasteiger partial charge on any atom is -0.724 e. The van der Waals surface area contributed by atoms with Gasteiger partial charge in [0, 0.05) is 13.2 Å². The number of nitrogens with zero attached hydrogens (tertiary/aromatic N) is 1. The van der Waals surface area contributed by atoms with Crippen LogP contribution >= 0.6 is 0 Å². The molecule has 0 spiro atoms. The van der Waals surface area contributed by atoms with E-state index in [4.69, 9.17) is 20.4 Å². The van der Waals surface area contributed by atoms with E-state index in [1.165, 1.54) is 0 Å². The molecule has 0 saturated heterocycles. The molecule has 0 unspecified atom stereocenters. The molecular formula is C7H14NO3-. The van der Waals surface area contributed by atoms with Crippen LogP contribution in [0.25, 0.3) is 5.41 Å². The van der Waals surface area contributed by atoms with Gasteiger partial charge in [0.1, 0.15) is 0 Å². The van der Waals surface area contributed by atoms with E-state index in [1.54, 1.807) is 0 Å². The van der Waals surface area contributed by atoms with Crippen LogP contribution in [0.4, 0.5) is 0 Å². The Kier molecular flexibility index (Phi) is 19.0. The van der Waals surface area contributed by atoms with Crippen LogP contribution in [0, 0.1) is 0 Å². The zero-order chi connectivity index (χ0) is 8.95. The molecule has 0 heterocycles. The first-order chi connectivity index (χ1) is 5.33. The van der Waals surface area contributed by atoms with E-state index in [2.05, 4.69) is 0 Å². The maximum Gasteiger partial charge on any atom is 0.0431 e. The molecule has 0 saturated carbocycles. The summed E-state index contributed by atoms with van der Waals surface area (Å²) in [4.78, 5) is 8.24. The smallest absolute Gasteiger partial charge is 0.0431 e. The number of hydrogen-bond acceptors (Lipinski definition) is 3. The second-order valence-corrected chi connectivity index (χ2v) is 1.95. The third-order valence-electron chi connectivity index (χ3n) is 1.07. The molecule has 4 nitrogen and oxygen atoms in total. The molecule has 0 aromatic carbocycles. The third-order valence-corrected chi connectivity index (χ3v) is 1.07. The van der Waals surface area contributed by atoms with Crippen LogP contribution in [-0.2, 0) is 4.79 Å². The summed E-state index contributed by atoms with van der Waals surface area (Å²) in [5.41, 5.74) is 0. The fourth-order valence-corrected chi connectivity index (χ4v) is 0.577. The Labute approximate surface area is 66.4 Å². The van der Waals surface area contributed by atoms with Gasteiger partial charge < -0.3 is 15.6 Å². The first kappa shape index (κ1) is 12.9. The van der Waals surface area contributed by atoms with Gasteiger partial charge in [0.15, 0.2) is 0 Å². The summed E-state index contributed by atoms with van der Waals surface area (Å²) in [6.45, 7) is 0.566. The Hall–Kier alpha value is -0.700. The van der Waals surface area contributed by atoms with Crippen LogP contribution in [0.2, 0.25) is 0 Å². The first-order valence-corrected chi connectivity index (χ1v) is 3.56. The lowest BCUT2D eigenvalue weighted by Crippen LogP contribution is -1.85. The van der Waals surface area contributed by atoms with Gasteiger partial charge in [-0.25, -0.2) is 0 Å². The standard InChI is InChI=1S/C6H14O2.CNO/c7-5-3-1-2-4-6-8;2-1-3/h7-8H,1-6H2;/q;-1. The molecule has 11 heavy (non-hydrogen) atoms. The Bertz CT molecular complexity index is 83.7. The van der Waals surface area contributed by atoms with Crippen molar-refractivity contribution >= 4 is 6.08 Å². The Morgan fingerprint density at radius 3 is 1.45 bits per heavy atom. The molecule has 0 aliphatic heterocycles. The molecule has 0 fully saturated rings. The van der Waals surface area contributed by atoms with Crippen molar-refractivity contribution in [2.45, 2.75) is 25.7 Å². The molecule has 4 heteroatoms. The fourth-order valence-electron chi connectivity index (χ4n) is 0.577. The number of unbranched alkanes of at least 4 members (excludes halogenated alkanes) is 3. The fraction of sp³-hybridized carbons (Fsp3) is 0.857. The second kappa shape index (κ2) is 16.1. The van der Waals surface area contributed by atoms with E-state index >= 15 is 0 Å². The molecule has 66 valence electrons. The van der Waals surface area contributed by atoms with Gasteiger partial charge in [-0.05, 0) is 18.9 Å². The molecule has 0 aromatic rings. The van der Waals surface area contributed by atoms with Gasteiger partial charge in [-0.3, -0.25) is 4.79 Å². The molecular weight excluding hydrogens is 146 g/mol. The average molecular weight is 160 g/mol. The Morgan fingerprint density at radius 2 is 1.27 bits per heavy atom. The SMILES string of the molecule is OCCCCCCO.[N-]=C=O. The summed E-state index contributed by atoms with van der Waals surface area (Å²) in [7, 11) is 0. The van der Waals surface area contributed by atoms with E-state index in [9.17, 15) is 0 Å². The highest BCUT2D eigenvalue weighted by Gasteiger charge is 1.84. The predicted octanol–water partition coefficient (Wildman–Crippen LogP) is 0.423. The van der Waals surface area contributed by atoms with Crippen molar-refractivity contribution in [2.75, 3.05) is 13.2 Å². The summed E-state index contributed by atoms with van der Waals surface area (Å²) in [6, 6.07) is 0. The molecule has 0 amide bonds. The molecule has 0 radical (unpaired) electrons. The van der Waals surface area contributed by atoms with Gasteiger partial charge in [0.25, 0.3) is 0 Å². The molecule has 0 aromatic heterocycles. The molecule has 0 atom stereocenters. The largest absolute Gasteiger partial charge is 0.724 e. The van der Waals surface area contributed by atoms with Crippen LogP contribution in [0.3, 0.4) is 0 Å². The van der Waals surface area contributed by atoms with Gasteiger partial charge >= 0.3 is 0 Å². The van der Waals surface area contributed by atoms with E-state index in [0.29, 0.717) is 6.08 Å². The number of carbonyl (C=O) groups excluding carboxylic acids is 1. The highest BCUT2D eigenvalue weighted by Crippen LogP contribution is 1.96. The Balaban J connectivity index is 0. The lowest BCUT2D eigenvalue weighted by molar-refractivity contribution is 0.265. The molecule has 0 rings (SSSR count). The molecule has 2 N–H and O–H groups in total. The van der Waals surface area contributed by atoms with Crippen LogP contribution in [0.15, 0.2) is 0 Å². The number of aliphatic hydroxyl groups is 2. The van der Waals surface area contributed by atoms with E-state index < -0.39 is 0 Å². The van der Waals surface area contributed by atoms with Crippen molar-refractivity contribution < 1.29 is 15.0 Å². The normalized spacial score (nSPS) is 7.82. The zero-order valence-electron chi connectivity index (χ0n) is 6.49. The number of isocyanates is 1. The van der Waals surface area contributed by atoms with Gasteiger partial charge in [0.05, 0.1) is 0 Å². The zero-order valence-corrected chi connectivity index (χ0v) is 6.49. The Morgan fingerprint density at radius 1 is 1.00 bits per heavy atom. The van der Waals surface area contributed by atoms with Crippen LogP contribution in [0.1, 0.15) is 25.7 Å². The second-order valence-electron chi connectivity index (χ2n) is 1.95. The highest BCUT2D eigenvalue weighted by atomic mass is 16.3. The summed E-state index contributed by atoms with van der Waals surface area (Å²) < 4.78 is 0. The molecule has 0 aliphatic rings. The van der Waals surface area contributed by atoms with Crippen molar-refractivity contribution in [3.8, 4) is 0 Å². The molecule has 0 bridgehead atoms. The van der Waals surface area contributed by atoms with Crippen LogP contribution in [0.5, 0.6) is 0 Å². The monoisotopic (exact) mass is 160 g/mol. The maximum atomic E-state index is 8.30. The summed E-state index contributed by atoms with van der Waals surface area (Å²) in [5, 5.41) is 23.4. The first-order valence-electron chi connectivity index (χ1n) is 3.56. The topological polar surface area (TPSA) is 79.8 Å². The van der Waals surface area contributed by atoms with Crippen LogP contribution in [-0.4, -0.2) is 29.5 Å². The van der Waals surface area contributed by atoms with Gasteiger partial charge in [-0.15, -0.1) is 0 Å². The van der Waals surface area contributed by atoms with Gasteiger partial charge in [-0.1, -0.05) is 12.8 Å². The van der Waals surface area contributed by atoms with Crippen molar-refractivity contribution in [3.63, 3.8) is 0 Å². The number of aliphatic hydroxyl groups excluding tert-OH is 2. The number of rotatable bonds is 5. The van der Waals surface area contributed by atoms with E-state index in [0.717, 1.165) is 25.7 Å². The van der Waals surface area contributed by atoms with Crippen LogP contribution < -0.4 is 0 Å². The summed E-state index contributed by atoms with van der Waals surface area (Å²) >= 11 is 0. The summed E-state index contributed by atoms with van der Waals surface area (Å²) in [6.07, 6.45) is 4.33. The third kappa shape index (κ3) is 26.8. The van der Waals surface area contributed by atoms with Gasteiger partial charge in [0.2, 0.25) is 0 Å². The summed E-state index contributed by atoms with van der Waals surface area (Å²) in [5.74, 6) is 0. The van der Waals surface area contributed by atoms with Gasteiger partial charge in [-0.2, -0.15) is 0 Å². The minimum atomic E-state index is 0.283. The van der Waals surface area contributed by atoms with Crippen molar-refractivity contribution in [1.29, 1.82) is 0 Å². The quantitative estimate of drug-likeness (QED) is 0.347. The van der Waals surface area contributed by atoms with E-state index in [-0.39, 0.29) is 13.2 Å². The van der Waals surface area contributed by atoms with Crippen molar-refractivity contribution in [1.82, 2.24) is 0 Å². The lowest BCUT2D eigenvalue weighted by atomic mass is 10.2. The minimum absolute atomic E-state index is 0.283. The number of hydrogen-bond donors (Lipinski definition) is 2. The molecule has 0 aliphatic carbocycles. The maximum absolute atomic E-state index is 8.30. The lowest BCUT2D eigenvalue weighted by Gasteiger charge is -1.93. The predicted molar refractivity (Wildman–Crippen MR) is 41.7 cm³/mol. The van der Waals surface area contributed by atoms with Crippen molar-refractivity contribution in [3.05, 3.63) is 5.41 Å². The average Bonchev–Trinajstić information content (AvgIpc) is 2.00.